The van der Waals surface area contributed by atoms with Gasteiger partial charge in [-0.3, -0.25) is 9.59 Å². The Morgan fingerprint density at radius 2 is 2.15 bits per heavy atom. The number of aliphatic carboxylic acids is 1. The molecule has 1 aromatic rings. The molecular formula is C14H22N2O4. The fourth-order valence-electron chi connectivity index (χ4n) is 1.95. The zero-order valence-electron chi connectivity index (χ0n) is 12.2. The molecule has 1 rings (SSSR count). The minimum Gasteiger partial charge on any atom is -0.481 e. The average Bonchev–Trinajstić information content (AvgIpc) is 2.83. The van der Waals surface area contributed by atoms with Crippen LogP contribution in [0.1, 0.15) is 30.8 Å². The first kappa shape index (κ1) is 16.2. The number of carbonyl (C=O) groups is 2. The van der Waals surface area contributed by atoms with E-state index in [1.54, 1.807) is 24.1 Å². The Balaban J connectivity index is 2.83. The number of rotatable bonds is 8. The average molecular weight is 282 g/mol. The normalized spacial score (nSPS) is 10.8. The van der Waals surface area contributed by atoms with Crippen molar-refractivity contribution in [1.29, 1.82) is 0 Å². The smallest absolute Gasteiger partial charge is 0.305 e. The summed E-state index contributed by atoms with van der Waals surface area (Å²) in [5, 5.41) is 8.77. The number of carboxylic acid groups (broad SMARTS) is 1. The van der Waals surface area contributed by atoms with E-state index >= 15 is 0 Å². The molecule has 0 fully saturated rings. The monoisotopic (exact) mass is 282 g/mol. The van der Waals surface area contributed by atoms with Crippen LogP contribution in [0, 0.1) is 0 Å². The van der Waals surface area contributed by atoms with E-state index in [4.69, 9.17) is 9.84 Å². The molecule has 6 heteroatoms. The maximum absolute atomic E-state index is 12.5. The summed E-state index contributed by atoms with van der Waals surface area (Å²) in [6.45, 7) is 5.08. The van der Waals surface area contributed by atoms with Crippen LogP contribution in [0.4, 0.5) is 0 Å². The van der Waals surface area contributed by atoms with Gasteiger partial charge >= 0.3 is 5.97 Å². The number of amides is 1. The SMILES string of the molecule is COCCn1cccc1C(=O)N(CCC(=O)O)C(C)C. The van der Waals surface area contributed by atoms with Crippen molar-refractivity contribution in [3.63, 3.8) is 0 Å². The van der Waals surface area contributed by atoms with Gasteiger partial charge in [0.1, 0.15) is 5.69 Å². The van der Waals surface area contributed by atoms with E-state index in [0.29, 0.717) is 18.8 Å². The molecule has 0 aliphatic carbocycles. The van der Waals surface area contributed by atoms with Crippen LogP contribution in [0.25, 0.3) is 0 Å². The highest BCUT2D eigenvalue weighted by atomic mass is 16.5. The zero-order valence-corrected chi connectivity index (χ0v) is 12.2. The molecule has 0 saturated heterocycles. The molecule has 0 radical (unpaired) electrons. The summed E-state index contributed by atoms with van der Waals surface area (Å²) in [7, 11) is 1.61. The number of hydrogen-bond donors (Lipinski definition) is 1. The molecule has 1 aromatic heterocycles. The lowest BCUT2D eigenvalue weighted by molar-refractivity contribution is -0.137. The number of carbonyl (C=O) groups excluding carboxylic acids is 1. The molecular weight excluding hydrogens is 260 g/mol. The number of aromatic nitrogens is 1. The van der Waals surface area contributed by atoms with E-state index < -0.39 is 5.97 Å². The Hall–Kier alpha value is -1.82. The molecule has 1 N–H and O–H groups in total. The lowest BCUT2D eigenvalue weighted by Gasteiger charge is -2.26. The van der Waals surface area contributed by atoms with Crippen molar-refractivity contribution < 1.29 is 19.4 Å². The molecule has 1 amide bonds. The highest BCUT2D eigenvalue weighted by Gasteiger charge is 2.21. The van der Waals surface area contributed by atoms with Gasteiger partial charge in [-0.2, -0.15) is 0 Å². The first-order valence-electron chi connectivity index (χ1n) is 6.64. The molecule has 0 atom stereocenters. The number of hydrogen-bond acceptors (Lipinski definition) is 3. The third-order valence-electron chi connectivity index (χ3n) is 3.04. The van der Waals surface area contributed by atoms with Gasteiger partial charge in [0.15, 0.2) is 0 Å². The predicted molar refractivity (Wildman–Crippen MR) is 74.7 cm³/mol. The Morgan fingerprint density at radius 3 is 2.70 bits per heavy atom. The molecule has 20 heavy (non-hydrogen) atoms. The van der Waals surface area contributed by atoms with Crippen molar-refractivity contribution in [3.05, 3.63) is 24.0 Å². The second kappa shape index (κ2) is 7.69. The summed E-state index contributed by atoms with van der Waals surface area (Å²) in [5.74, 6) is -1.06. The highest BCUT2D eigenvalue weighted by molar-refractivity contribution is 5.93. The fraction of sp³-hybridized carbons (Fsp3) is 0.571. The van der Waals surface area contributed by atoms with Gasteiger partial charge < -0.3 is 19.3 Å². The van der Waals surface area contributed by atoms with Gasteiger partial charge in [-0.05, 0) is 26.0 Å². The number of carboxylic acids is 1. The van der Waals surface area contributed by atoms with E-state index in [0.717, 1.165) is 0 Å². The number of ether oxygens (including phenoxy) is 1. The molecule has 0 aromatic carbocycles. The van der Waals surface area contributed by atoms with Crippen LogP contribution < -0.4 is 0 Å². The van der Waals surface area contributed by atoms with Gasteiger partial charge in [0.2, 0.25) is 0 Å². The van der Waals surface area contributed by atoms with Crippen molar-refractivity contribution in [1.82, 2.24) is 9.47 Å². The number of nitrogens with zero attached hydrogens (tertiary/aromatic N) is 2. The molecule has 0 spiro atoms. The molecule has 0 unspecified atom stereocenters. The minimum atomic E-state index is -0.904. The molecule has 0 aliphatic rings. The van der Waals surface area contributed by atoms with Crippen molar-refractivity contribution in [2.75, 3.05) is 20.3 Å². The van der Waals surface area contributed by atoms with Crippen molar-refractivity contribution >= 4 is 11.9 Å². The van der Waals surface area contributed by atoms with Gasteiger partial charge in [-0.25, -0.2) is 0 Å². The standard InChI is InChI=1S/C14H22N2O4/c1-11(2)16(8-6-13(17)18)14(19)12-5-4-7-15(12)9-10-20-3/h4-5,7,11H,6,8-10H2,1-3H3,(H,17,18). The van der Waals surface area contributed by atoms with E-state index in [-0.39, 0.29) is 24.9 Å². The van der Waals surface area contributed by atoms with Crippen LogP contribution in [0.15, 0.2) is 18.3 Å². The van der Waals surface area contributed by atoms with Gasteiger partial charge in [0.25, 0.3) is 5.91 Å². The van der Waals surface area contributed by atoms with Crippen LogP contribution in [0.3, 0.4) is 0 Å². The summed E-state index contributed by atoms with van der Waals surface area (Å²) < 4.78 is 6.83. The van der Waals surface area contributed by atoms with Crippen molar-refractivity contribution in [3.8, 4) is 0 Å². The van der Waals surface area contributed by atoms with E-state index in [9.17, 15) is 9.59 Å². The van der Waals surface area contributed by atoms with Crippen LogP contribution in [-0.4, -0.2) is 52.8 Å². The predicted octanol–water partition coefficient (Wildman–Crippen LogP) is 1.46. The summed E-state index contributed by atoms with van der Waals surface area (Å²) in [6.07, 6.45) is 1.77. The molecule has 112 valence electrons. The molecule has 1 heterocycles. The largest absolute Gasteiger partial charge is 0.481 e. The summed E-state index contributed by atoms with van der Waals surface area (Å²) in [6, 6.07) is 3.50. The van der Waals surface area contributed by atoms with Crippen LogP contribution in [-0.2, 0) is 16.1 Å². The second-order valence-electron chi connectivity index (χ2n) is 4.82. The Kier molecular flexibility index (Phi) is 6.24. The first-order valence-corrected chi connectivity index (χ1v) is 6.64. The van der Waals surface area contributed by atoms with E-state index in [1.807, 2.05) is 24.6 Å². The highest BCUT2D eigenvalue weighted by Crippen LogP contribution is 2.11. The van der Waals surface area contributed by atoms with Crippen LogP contribution >= 0.6 is 0 Å². The molecule has 0 aliphatic heterocycles. The topological polar surface area (TPSA) is 71.8 Å². The second-order valence-corrected chi connectivity index (χ2v) is 4.82. The van der Waals surface area contributed by atoms with Crippen LogP contribution in [0.5, 0.6) is 0 Å². The van der Waals surface area contributed by atoms with Gasteiger partial charge in [-0.1, -0.05) is 0 Å². The molecule has 0 saturated carbocycles. The Bertz CT molecular complexity index is 454. The maximum atomic E-state index is 12.5. The third kappa shape index (κ3) is 4.38. The quantitative estimate of drug-likeness (QED) is 0.783. The maximum Gasteiger partial charge on any atom is 0.305 e. The van der Waals surface area contributed by atoms with Crippen molar-refractivity contribution in [2.24, 2.45) is 0 Å². The molecule has 0 bridgehead atoms. The van der Waals surface area contributed by atoms with Crippen molar-refractivity contribution in [2.45, 2.75) is 32.9 Å². The summed E-state index contributed by atoms with van der Waals surface area (Å²) in [5.41, 5.74) is 0.557. The molecule has 6 nitrogen and oxygen atoms in total. The van der Waals surface area contributed by atoms with Gasteiger partial charge in [-0.15, -0.1) is 0 Å². The van der Waals surface area contributed by atoms with Gasteiger partial charge in [0, 0.05) is 32.4 Å². The Labute approximate surface area is 118 Å². The summed E-state index contributed by atoms with van der Waals surface area (Å²) in [4.78, 5) is 24.8. The fourth-order valence-corrected chi connectivity index (χ4v) is 1.95. The lowest BCUT2D eigenvalue weighted by atomic mass is 10.2. The zero-order chi connectivity index (χ0) is 15.1. The van der Waals surface area contributed by atoms with Crippen LogP contribution in [0.2, 0.25) is 0 Å². The first-order chi connectivity index (χ1) is 9.47. The van der Waals surface area contributed by atoms with Gasteiger partial charge in [0.05, 0.1) is 13.0 Å². The number of methoxy groups -OCH3 is 1. The summed E-state index contributed by atoms with van der Waals surface area (Å²) >= 11 is 0. The van der Waals surface area contributed by atoms with E-state index in [1.165, 1.54) is 0 Å². The third-order valence-corrected chi connectivity index (χ3v) is 3.04. The Morgan fingerprint density at radius 1 is 1.45 bits per heavy atom. The minimum absolute atomic E-state index is 0.0485. The lowest BCUT2D eigenvalue weighted by Crippen LogP contribution is -2.39. The van der Waals surface area contributed by atoms with E-state index in [2.05, 4.69) is 0 Å².